The van der Waals surface area contributed by atoms with Crippen LogP contribution in [-0.4, -0.2) is 46.9 Å². The molecule has 1 aliphatic heterocycles. The molecule has 5 rings (SSSR count). The van der Waals surface area contributed by atoms with Crippen molar-refractivity contribution in [1.29, 1.82) is 0 Å². The van der Waals surface area contributed by atoms with E-state index in [9.17, 15) is 15.0 Å². The maximum atomic E-state index is 12.5. The number of nitrogens with zero attached hydrogens (tertiary/aromatic N) is 1. The van der Waals surface area contributed by atoms with Crippen molar-refractivity contribution in [3.8, 4) is 0 Å². The molecule has 1 aliphatic rings. The Morgan fingerprint density at radius 2 is 1.47 bits per heavy atom. The topological polar surface area (TPSA) is 103 Å². The Hall–Kier alpha value is -4.05. The summed E-state index contributed by atoms with van der Waals surface area (Å²) in [6.07, 6.45) is -1.75. The van der Waals surface area contributed by atoms with E-state index in [0.717, 1.165) is 27.8 Å². The number of carbonyl (C=O) groups excluding carboxylic acids is 1. The molecular weight excluding hydrogens is 566 g/mol. The highest BCUT2D eigenvalue weighted by atomic mass is 16.7. The van der Waals surface area contributed by atoms with Gasteiger partial charge in [-0.2, -0.15) is 0 Å². The molecule has 4 aromatic carbocycles. The summed E-state index contributed by atoms with van der Waals surface area (Å²) >= 11 is 0. The van der Waals surface area contributed by atoms with Gasteiger partial charge < -0.3 is 30.3 Å². The van der Waals surface area contributed by atoms with E-state index in [4.69, 9.17) is 9.47 Å². The number of nitrogens with one attached hydrogen (secondary N) is 2. The van der Waals surface area contributed by atoms with E-state index in [2.05, 4.69) is 22.5 Å². The summed E-state index contributed by atoms with van der Waals surface area (Å²) < 4.78 is 13.2. The van der Waals surface area contributed by atoms with Crippen LogP contribution in [-0.2, 0) is 22.6 Å². The Bertz CT molecular complexity index is 1480. The van der Waals surface area contributed by atoms with Crippen molar-refractivity contribution in [3.63, 3.8) is 0 Å². The predicted molar refractivity (Wildman–Crippen MR) is 175 cm³/mol. The molecule has 8 heteroatoms. The summed E-state index contributed by atoms with van der Waals surface area (Å²) in [5.74, 6) is -0.000931. The summed E-state index contributed by atoms with van der Waals surface area (Å²) in [5, 5.41) is 26.4. The number of rotatable bonds is 11. The molecule has 1 heterocycles. The molecule has 0 aliphatic carbocycles. The molecule has 45 heavy (non-hydrogen) atoms. The highest BCUT2D eigenvalue weighted by Gasteiger charge is 2.39. The number of likely N-dealkylation sites (N-methyl/N-ethyl adjacent to an activating group) is 1. The van der Waals surface area contributed by atoms with Crippen molar-refractivity contribution in [2.75, 3.05) is 18.9 Å². The minimum Gasteiger partial charge on any atom is -0.392 e. The minimum absolute atomic E-state index is 0.000931. The zero-order chi connectivity index (χ0) is 31.8. The third-order valence-electron chi connectivity index (χ3n) is 8.62. The number of hydrogen-bond donors (Lipinski definition) is 4. The quantitative estimate of drug-likeness (QED) is 0.158. The van der Waals surface area contributed by atoms with Crippen LogP contribution in [0.1, 0.15) is 60.2 Å². The van der Waals surface area contributed by atoms with Crippen LogP contribution in [0.15, 0.2) is 109 Å². The van der Waals surface area contributed by atoms with Crippen LogP contribution in [0.3, 0.4) is 0 Å². The number of hydrogen-bond acceptors (Lipinski definition) is 6. The van der Waals surface area contributed by atoms with E-state index < -0.39 is 12.4 Å². The molecule has 0 aromatic heterocycles. The van der Waals surface area contributed by atoms with Crippen molar-refractivity contribution in [2.24, 2.45) is 5.92 Å². The largest absolute Gasteiger partial charge is 0.392 e. The van der Waals surface area contributed by atoms with Crippen molar-refractivity contribution < 1.29 is 24.5 Å². The molecule has 4 N–H and O–H groups in total. The first kappa shape index (κ1) is 32.3. The molecule has 236 valence electrons. The minimum atomic E-state index is -0.645. The standard InChI is InChI=1S/C37H43N3O5/c1-25-33(23-40(3)26(2)34(42)29-12-8-5-9-13-29)44-36(45-35(25)30-16-14-28(24-41)15-17-30)31-18-20-32(21-19-31)39-37(43)38-22-27-10-6-4-7-11-27/h4-21,25-26,33-36,41-42H,22-24H2,1-3H3,(H2,38,39,43)/t25-,26+,33+,34+,35+,36+/m0/s1. The van der Waals surface area contributed by atoms with Gasteiger partial charge in [-0.05, 0) is 48.4 Å². The summed E-state index contributed by atoms with van der Waals surface area (Å²) in [6, 6.07) is 34.3. The maximum Gasteiger partial charge on any atom is 0.319 e. The Labute approximate surface area is 265 Å². The third kappa shape index (κ3) is 8.36. The smallest absolute Gasteiger partial charge is 0.319 e. The third-order valence-corrected chi connectivity index (χ3v) is 8.62. The van der Waals surface area contributed by atoms with Crippen molar-refractivity contribution in [1.82, 2.24) is 10.2 Å². The normalized spacial score (nSPS) is 21.2. The van der Waals surface area contributed by atoms with Crippen LogP contribution >= 0.6 is 0 Å². The molecule has 4 aromatic rings. The Morgan fingerprint density at radius 3 is 2.11 bits per heavy atom. The lowest BCUT2D eigenvalue weighted by Gasteiger charge is -2.43. The fourth-order valence-corrected chi connectivity index (χ4v) is 5.63. The molecule has 0 saturated carbocycles. The molecule has 1 fully saturated rings. The Morgan fingerprint density at radius 1 is 0.844 bits per heavy atom. The van der Waals surface area contributed by atoms with Gasteiger partial charge in [0.2, 0.25) is 0 Å². The number of carbonyl (C=O) groups is 1. The highest BCUT2D eigenvalue weighted by Crippen LogP contribution is 2.42. The van der Waals surface area contributed by atoms with Crippen LogP contribution in [0.25, 0.3) is 0 Å². The summed E-state index contributed by atoms with van der Waals surface area (Å²) in [4.78, 5) is 14.6. The summed E-state index contributed by atoms with van der Waals surface area (Å²) in [5.41, 5.74) is 5.23. The van der Waals surface area contributed by atoms with E-state index >= 15 is 0 Å². The lowest BCUT2D eigenvalue weighted by molar-refractivity contribution is -0.276. The van der Waals surface area contributed by atoms with Gasteiger partial charge in [0, 0.05) is 36.3 Å². The zero-order valence-electron chi connectivity index (χ0n) is 26.0. The maximum absolute atomic E-state index is 12.5. The van der Waals surface area contributed by atoms with Gasteiger partial charge in [-0.25, -0.2) is 4.79 Å². The van der Waals surface area contributed by atoms with Gasteiger partial charge in [-0.1, -0.05) is 104 Å². The molecule has 0 spiro atoms. The lowest BCUT2D eigenvalue weighted by Crippen LogP contribution is -2.46. The van der Waals surface area contributed by atoms with Gasteiger partial charge in [-0.15, -0.1) is 0 Å². The highest BCUT2D eigenvalue weighted by molar-refractivity contribution is 5.89. The van der Waals surface area contributed by atoms with Gasteiger partial charge >= 0.3 is 6.03 Å². The number of aliphatic hydroxyl groups is 2. The molecular formula is C37H43N3O5. The van der Waals surface area contributed by atoms with E-state index in [1.165, 1.54) is 0 Å². The fourth-order valence-electron chi connectivity index (χ4n) is 5.63. The van der Waals surface area contributed by atoms with Crippen molar-refractivity contribution >= 4 is 11.7 Å². The lowest BCUT2D eigenvalue weighted by atomic mass is 9.89. The molecule has 1 saturated heterocycles. The zero-order valence-corrected chi connectivity index (χ0v) is 26.0. The van der Waals surface area contributed by atoms with Crippen LogP contribution < -0.4 is 10.6 Å². The second-order valence-corrected chi connectivity index (χ2v) is 11.8. The predicted octanol–water partition coefficient (Wildman–Crippen LogP) is 6.35. The molecule has 8 nitrogen and oxygen atoms in total. The number of urea groups is 1. The number of ether oxygens (including phenoxy) is 2. The van der Waals surface area contributed by atoms with Gasteiger partial charge in [0.1, 0.15) is 0 Å². The van der Waals surface area contributed by atoms with E-state index in [0.29, 0.717) is 18.8 Å². The van der Waals surface area contributed by atoms with Gasteiger partial charge in [0.25, 0.3) is 0 Å². The van der Waals surface area contributed by atoms with E-state index in [1.807, 2.05) is 123 Å². The number of aliphatic hydroxyl groups excluding tert-OH is 2. The SMILES string of the molecule is C[C@H]1[C@@H](CN(C)[C@H](C)[C@@H](O)c2ccccc2)O[C@@H](c2ccc(NC(=O)NCc3ccccc3)cc2)O[C@H]1c1ccc(CO)cc1. The second-order valence-electron chi connectivity index (χ2n) is 11.8. The first-order valence-corrected chi connectivity index (χ1v) is 15.4. The van der Waals surface area contributed by atoms with Crippen LogP contribution in [0.5, 0.6) is 0 Å². The Kier molecular flexibility index (Phi) is 11.0. The number of amides is 2. The fraction of sp³-hybridized carbons (Fsp3) is 0.324. The molecule has 0 radical (unpaired) electrons. The van der Waals surface area contributed by atoms with Gasteiger partial charge in [0.15, 0.2) is 6.29 Å². The van der Waals surface area contributed by atoms with Gasteiger partial charge in [0.05, 0.1) is 24.9 Å². The monoisotopic (exact) mass is 609 g/mol. The molecule has 0 bridgehead atoms. The summed E-state index contributed by atoms with van der Waals surface area (Å²) in [7, 11) is 2.01. The number of benzene rings is 4. The number of anilines is 1. The summed E-state index contributed by atoms with van der Waals surface area (Å²) in [6.45, 7) is 5.14. The first-order chi connectivity index (χ1) is 21.8. The first-order valence-electron chi connectivity index (χ1n) is 15.4. The average Bonchev–Trinajstić information content (AvgIpc) is 3.09. The second kappa shape index (κ2) is 15.3. The van der Waals surface area contributed by atoms with E-state index in [1.54, 1.807) is 0 Å². The molecule has 0 unspecified atom stereocenters. The van der Waals surface area contributed by atoms with Crippen LogP contribution in [0.2, 0.25) is 0 Å². The average molecular weight is 610 g/mol. The van der Waals surface area contributed by atoms with Crippen LogP contribution in [0.4, 0.5) is 10.5 Å². The van der Waals surface area contributed by atoms with Crippen LogP contribution in [0, 0.1) is 5.92 Å². The molecule has 6 atom stereocenters. The Balaban J connectivity index is 1.29. The molecule has 2 amide bonds. The van der Waals surface area contributed by atoms with Crippen molar-refractivity contribution in [2.45, 2.75) is 57.6 Å². The van der Waals surface area contributed by atoms with E-state index in [-0.39, 0.29) is 36.8 Å². The van der Waals surface area contributed by atoms with Crippen molar-refractivity contribution in [3.05, 3.63) is 137 Å². The van der Waals surface area contributed by atoms with Gasteiger partial charge in [-0.3, -0.25) is 4.90 Å².